The van der Waals surface area contributed by atoms with E-state index in [0.29, 0.717) is 5.56 Å². The van der Waals surface area contributed by atoms with Gasteiger partial charge in [0.25, 0.3) is 0 Å². The van der Waals surface area contributed by atoms with Gasteiger partial charge < -0.3 is 0 Å². The van der Waals surface area contributed by atoms with Crippen molar-refractivity contribution in [2.24, 2.45) is 0 Å². The van der Waals surface area contributed by atoms with E-state index in [4.69, 9.17) is 0 Å². The van der Waals surface area contributed by atoms with Gasteiger partial charge in [-0.1, -0.05) is 68.8 Å². The summed E-state index contributed by atoms with van der Waals surface area (Å²) in [7, 11) is 0. The predicted octanol–water partition coefficient (Wildman–Crippen LogP) is 5.43. The van der Waals surface area contributed by atoms with E-state index in [2.05, 4.69) is 52.0 Å². The third-order valence-corrected chi connectivity index (χ3v) is 2.99. The van der Waals surface area contributed by atoms with E-state index >= 15 is 0 Å². The summed E-state index contributed by atoms with van der Waals surface area (Å²) in [5.41, 5.74) is 3.72. The molecule has 0 radical (unpaired) electrons. The van der Waals surface area contributed by atoms with Crippen molar-refractivity contribution >= 4 is 0 Å². The van der Waals surface area contributed by atoms with Crippen molar-refractivity contribution in [2.75, 3.05) is 0 Å². The van der Waals surface area contributed by atoms with Crippen LogP contribution in [0.3, 0.4) is 0 Å². The zero-order chi connectivity index (χ0) is 14.5. The van der Waals surface area contributed by atoms with E-state index in [0.717, 1.165) is 0 Å². The minimum absolute atomic E-state index is 0.132. The third-order valence-electron chi connectivity index (χ3n) is 2.99. The molecule has 0 N–H and O–H groups in total. The molecule has 0 bridgehead atoms. The van der Waals surface area contributed by atoms with Gasteiger partial charge in [0.05, 0.1) is 0 Å². The van der Waals surface area contributed by atoms with Gasteiger partial charge in [-0.15, -0.1) is 0 Å². The molecule has 0 saturated carbocycles. The average molecular weight is 258 g/mol. The van der Waals surface area contributed by atoms with Gasteiger partial charge in [-0.25, -0.2) is 4.39 Å². The van der Waals surface area contributed by atoms with Crippen LogP contribution in [0, 0.1) is 19.7 Å². The zero-order valence-corrected chi connectivity index (χ0v) is 12.5. The molecule has 0 aliphatic rings. The largest absolute Gasteiger partial charge is 0.207 e. The van der Waals surface area contributed by atoms with Crippen molar-refractivity contribution in [1.29, 1.82) is 0 Å². The molecule has 102 valence electrons. The van der Waals surface area contributed by atoms with E-state index in [1.165, 1.54) is 17.2 Å². The summed E-state index contributed by atoms with van der Waals surface area (Å²) in [6, 6.07) is 15.4. The van der Waals surface area contributed by atoms with Crippen molar-refractivity contribution < 1.29 is 4.39 Å². The molecule has 0 saturated heterocycles. The summed E-state index contributed by atoms with van der Waals surface area (Å²) in [4.78, 5) is 0. The number of hydrogen-bond acceptors (Lipinski definition) is 0. The summed E-state index contributed by atoms with van der Waals surface area (Å²) in [6.07, 6.45) is 0. The van der Waals surface area contributed by atoms with Crippen LogP contribution < -0.4 is 0 Å². The number of rotatable bonds is 0. The smallest absolute Gasteiger partial charge is 0.126 e. The fourth-order valence-electron chi connectivity index (χ4n) is 1.60. The van der Waals surface area contributed by atoms with Crippen LogP contribution in [0.1, 0.15) is 37.5 Å². The maximum atomic E-state index is 12.3. The molecule has 0 aliphatic carbocycles. The van der Waals surface area contributed by atoms with Crippen LogP contribution >= 0.6 is 0 Å². The molecule has 0 amide bonds. The molecule has 0 fully saturated rings. The Balaban J connectivity index is 0.000000200. The van der Waals surface area contributed by atoms with Crippen LogP contribution in [0.15, 0.2) is 48.5 Å². The van der Waals surface area contributed by atoms with Crippen molar-refractivity contribution in [2.45, 2.75) is 40.0 Å². The topological polar surface area (TPSA) is 0 Å². The number of halogens is 1. The first-order valence-electron chi connectivity index (χ1n) is 6.59. The lowest BCUT2D eigenvalue weighted by atomic mass is 9.87. The summed E-state index contributed by atoms with van der Waals surface area (Å²) in [6.45, 7) is 10.6. The van der Waals surface area contributed by atoms with Crippen LogP contribution in [0.25, 0.3) is 0 Å². The number of hydrogen-bond donors (Lipinski definition) is 0. The molecule has 1 heteroatoms. The Kier molecular flexibility index (Phi) is 5.29. The molecule has 2 aromatic carbocycles. The van der Waals surface area contributed by atoms with Crippen molar-refractivity contribution in [3.63, 3.8) is 0 Å². The number of benzene rings is 2. The Morgan fingerprint density at radius 2 is 1.32 bits per heavy atom. The Morgan fingerprint density at radius 1 is 0.789 bits per heavy atom. The van der Waals surface area contributed by atoms with Gasteiger partial charge in [0, 0.05) is 0 Å². The summed E-state index contributed by atoms with van der Waals surface area (Å²) >= 11 is 0. The lowest BCUT2D eigenvalue weighted by Crippen LogP contribution is -2.10. The SMILES string of the molecule is Cc1ccc(C(C)(C)C)cc1.Cc1ccccc1F. The monoisotopic (exact) mass is 258 g/mol. The first-order valence-corrected chi connectivity index (χ1v) is 6.59. The Labute approximate surface area is 116 Å². The minimum Gasteiger partial charge on any atom is -0.207 e. The quantitative estimate of drug-likeness (QED) is 0.591. The van der Waals surface area contributed by atoms with Crippen molar-refractivity contribution in [3.05, 3.63) is 71.0 Å². The standard InChI is InChI=1S/C11H16.C7H7F/c1-9-5-7-10(8-6-9)11(2,3)4;1-6-4-2-3-5-7(6)8/h5-8H,1-4H3;2-5H,1H3. The molecule has 0 aliphatic heterocycles. The second-order valence-corrected chi connectivity index (χ2v) is 5.87. The van der Waals surface area contributed by atoms with Crippen LogP contribution in [-0.2, 0) is 5.41 Å². The normalized spacial score (nSPS) is 10.6. The van der Waals surface area contributed by atoms with Crippen molar-refractivity contribution in [3.8, 4) is 0 Å². The summed E-state index contributed by atoms with van der Waals surface area (Å²) in [5.74, 6) is -0.132. The van der Waals surface area contributed by atoms with E-state index in [9.17, 15) is 4.39 Å². The van der Waals surface area contributed by atoms with Crippen LogP contribution in [0.4, 0.5) is 4.39 Å². The van der Waals surface area contributed by atoms with Gasteiger partial charge >= 0.3 is 0 Å². The fraction of sp³-hybridized carbons (Fsp3) is 0.333. The molecule has 0 spiro atoms. The van der Waals surface area contributed by atoms with E-state index in [-0.39, 0.29) is 11.2 Å². The maximum Gasteiger partial charge on any atom is 0.126 e. The van der Waals surface area contributed by atoms with Crippen LogP contribution in [-0.4, -0.2) is 0 Å². The van der Waals surface area contributed by atoms with Crippen LogP contribution in [0.5, 0.6) is 0 Å². The highest BCUT2D eigenvalue weighted by Crippen LogP contribution is 2.21. The van der Waals surface area contributed by atoms with Gasteiger partial charge in [-0.3, -0.25) is 0 Å². The highest BCUT2D eigenvalue weighted by Gasteiger charge is 2.11. The molecule has 2 aromatic rings. The second kappa shape index (κ2) is 6.51. The van der Waals surface area contributed by atoms with Crippen LogP contribution in [0.2, 0.25) is 0 Å². The molecule has 0 heterocycles. The van der Waals surface area contributed by atoms with Gasteiger partial charge in [-0.05, 0) is 36.5 Å². The lowest BCUT2D eigenvalue weighted by molar-refractivity contribution is 0.590. The maximum absolute atomic E-state index is 12.3. The fourth-order valence-corrected chi connectivity index (χ4v) is 1.60. The van der Waals surface area contributed by atoms with E-state index in [1.54, 1.807) is 19.1 Å². The average Bonchev–Trinajstić information content (AvgIpc) is 2.33. The molecule has 19 heavy (non-hydrogen) atoms. The number of aryl methyl sites for hydroxylation is 2. The first-order chi connectivity index (χ1) is 8.80. The lowest BCUT2D eigenvalue weighted by Gasteiger charge is -2.18. The minimum atomic E-state index is -0.132. The molecular formula is C18H23F. The first kappa shape index (κ1) is 15.4. The van der Waals surface area contributed by atoms with Gasteiger partial charge in [0.1, 0.15) is 5.82 Å². The second-order valence-electron chi connectivity index (χ2n) is 5.87. The molecule has 0 atom stereocenters. The van der Waals surface area contributed by atoms with Gasteiger partial charge in [0.15, 0.2) is 0 Å². The zero-order valence-electron chi connectivity index (χ0n) is 12.5. The Hall–Kier alpha value is -1.63. The van der Waals surface area contributed by atoms with Gasteiger partial charge in [-0.2, -0.15) is 0 Å². The van der Waals surface area contributed by atoms with Crippen molar-refractivity contribution in [1.82, 2.24) is 0 Å². The van der Waals surface area contributed by atoms with E-state index < -0.39 is 0 Å². The van der Waals surface area contributed by atoms with E-state index in [1.807, 2.05) is 6.07 Å². The molecule has 2 rings (SSSR count). The summed E-state index contributed by atoms with van der Waals surface area (Å²) < 4.78 is 12.3. The van der Waals surface area contributed by atoms with Gasteiger partial charge in [0.2, 0.25) is 0 Å². The Bertz CT molecular complexity index is 483. The molecule has 0 nitrogen and oxygen atoms in total. The third kappa shape index (κ3) is 5.25. The molecule has 0 unspecified atom stereocenters. The molecule has 0 aromatic heterocycles. The molecular weight excluding hydrogens is 235 g/mol. The highest BCUT2D eigenvalue weighted by atomic mass is 19.1. The highest BCUT2D eigenvalue weighted by molar-refractivity contribution is 5.26. The predicted molar refractivity (Wildman–Crippen MR) is 81.0 cm³/mol. The Morgan fingerprint density at radius 3 is 1.68 bits per heavy atom. The summed E-state index contributed by atoms with van der Waals surface area (Å²) in [5, 5.41) is 0.